The zero-order valence-corrected chi connectivity index (χ0v) is 12.3. The molecule has 4 nitrogen and oxygen atoms in total. The van der Waals surface area contributed by atoms with Gasteiger partial charge in [0.05, 0.1) is 18.2 Å². The first-order valence-corrected chi connectivity index (χ1v) is 7.37. The van der Waals surface area contributed by atoms with Crippen molar-refractivity contribution in [3.63, 3.8) is 0 Å². The van der Waals surface area contributed by atoms with Crippen molar-refractivity contribution in [2.24, 2.45) is 5.41 Å². The molecule has 0 radical (unpaired) electrons. The topological polar surface area (TPSA) is 46.9 Å². The molecule has 1 aromatic heterocycles. The molecule has 1 aliphatic rings. The van der Waals surface area contributed by atoms with Crippen LogP contribution in [0.5, 0.6) is 0 Å². The SMILES string of the molecule is CCC(CC)n1ccc(CC(=O)C2(C)CCNC2)n1. The molecule has 19 heavy (non-hydrogen) atoms. The van der Waals surface area contributed by atoms with Crippen LogP contribution in [0.25, 0.3) is 0 Å². The van der Waals surface area contributed by atoms with Crippen LogP contribution in [0, 0.1) is 5.41 Å². The first-order valence-electron chi connectivity index (χ1n) is 7.37. The number of carbonyl (C=O) groups excluding carboxylic acids is 1. The zero-order valence-electron chi connectivity index (χ0n) is 12.3. The Morgan fingerprint density at radius 3 is 2.84 bits per heavy atom. The molecule has 0 aromatic carbocycles. The largest absolute Gasteiger partial charge is 0.316 e. The van der Waals surface area contributed by atoms with Gasteiger partial charge in [-0.05, 0) is 31.9 Å². The Morgan fingerprint density at radius 1 is 1.53 bits per heavy atom. The third-order valence-electron chi connectivity index (χ3n) is 4.36. The Balaban J connectivity index is 2.01. The van der Waals surface area contributed by atoms with Gasteiger partial charge in [-0.3, -0.25) is 9.48 Å². The van der Waals surface area contributed by atoms with Gasteiger partial charge in [0.25, 0.3) is 0 Å². The number of ketones is 1. The molecule has 0 spiro atoms. The summed E-state index contributed by atoms with van der Waals surface area (Å²) in [6.45, 7) is 8.16. The number of Topliss-reactive ketones (excluding diaryl/α,β-unsaturated/α-hetero) is 1. The molecule has 0 bridgehead atoms. The highest BCUT2D eigenvalue weighted by molar-refractivity contribution is 5.86. The summed E-state index contributed by atoms with van der Waals surface area (Å²) in [5.41, 5.74) is 0.712. The Morgan fingerprint density at radius 2 is 2.26 bits per heavy atom. The van der Waals surface area contributed by atoms with Crippen LogP contribution in [0.3, 0.4) is 0 Å². The fourth-order valence-corrected chi connectivity index (χ4v) is 2.77. The Hall–Kier alpha value is -1.16. The van der Waals surface area contributed by atoms with Gasteiger partial charge in [0.2, 0.25) is 0 Å². The lowest BCUT2D eigenvalue weighted by Crippen LogP contribution is -2.31. The van der Waals surface area contributed by atoms with Crippen LogP contribution in [-0.4, -0.2) is 28.7 Å². The van der Waals surface area contributed by atoms with Crippen molar-refractivity contribution in [2.75, 3.05) is 13.1 Å². The van der Waals surface area contributed by atoms with Crippen molar-refractivity contribution in [2.45, 2.75) is 52.5 Å². The maximum absolute atomic E-state index is 12.4. The van der Waals surface area contributed by atoms with Gasteiger partial charge in [-0.15, -0.1) is 0 Å². The van der Waals surface area contributed by atoms with E-state index in [1.807, 2.05) is 16.9 Å². The standard InChI is InChI=1S/C15H25N3O/c1-4-13(5-2)18-9-6-12(17-18)10-14(19)15(3)7-8-16-11-15/h6,9,13,16H,4-5,7-8,10-11H2,1-3H3. The lowest BCUT2D eigenvalue weighted by Gasteiger charge is -2.20. The molecule has 106 valence electrons. The van der Waals surface area contributed by atoms with E-state index < -0.39 is 0 Å². The number of carbonyl (C=O) groups is 1. The van der Waals surface area contributed by atoms with Gasteiger partial charge in [0, 0.05) is 18.2 Å². The van der Waals surface area contributed by atoms with Crippen molar-refractivity contribution < 1.29 is 4.79 Å². The van der Waals surface area contributed by atoms with E-state index in [9.17, 15) is 4.79 Å². The summed E-state index contributed by atoms with van der Waals surface area (Å²) in [7, 11) is 0. The Kier molecular flexibility index (Phi) is 4.40. The summed E-state index contributed by atoms with van der Waals surface area (Å²) in [6.07, 6.45) is 5.57. The average Bonchev–Trinajstić information content (AvgIpc) is 3.02. The second-order valence-electron chi connectivity index (χ2n) is 5.84. The van der Waals surface area contributed by atoms with Crippen LogP contribution in [0.1, 0.15) is 51.8 Å². The van der Waals surface area contributed by atoms with Gasteiger partial charge in [-0.2, -0.15) is 5.10 Å². The normalized spacial score (nSPS) is 23.2. The minimum Gasteiger partial charge on any atom is -0.316 e. The highest BCUT2D eigenvalue weighted by Crippen LogP contribution is 2.27. The number of aromatic nitrogens is 2. The van der Waals surface area contributed by atoms with Crippen molar-refractivity contribution >= 4 is 5.78 Å². The quantitative estimate of drug-likeness (QED) is 0.857. The minimum atomic E-state index is -0.196. The first kappa shape index (κ1) is 14.3. The van der Waals surface area contributed by atoms with Crippen molar-refractivity contribution in [3.8, 4) is 0 Å². The van der Waals surface area contributed by atoms with Gasteiger partial charge in [0.1, 0.15) is 5.78 Å². The third-order valence-corrected chi connectivity index (χ3v) is 4.36. The van der Waals surface area contributed by atoms with Crippen LogP contribution in [0.15, 0.2) is 12.3 Å². The van der Waals surface area contributed by atoms with E-state index in [-0.39, 0.29) is 5.41 Å². The minimum absolute atomic E-state index is 0.196. The van der Waals surface area contributed by atoms with E-state index in [1.165, 1.54) is 0 Å². The second-order valence-corrected chi connectivity index (χ2v) is 5.84. The van der Waals surface area contributed by atoms with Gasteiger partial charge in [0.15, 0.2) is 0 Å². The lowest BCUT2D eigenvalue weighted by atomic mass is 9.83. The highest BCUT2D eigenvalue weighted by Gasteiger charge is 2.35. The van der Waals surface area contributed by atoms with E-state index in [0.29, 0.717) is 18.2 Å². The summed E-state index contributed by atoms with van der Waals surface area (Å²) in [5.74, 6) is 0.312. The predicted molar refractivity (Wildman–Crippen MR) is 76.2 cm³/mol. The molecule has 1 fully saturated rings. The number of nitrogens with one attached hydrogen (secondary N) is 1. The van der Waals surface area contributed by atoms with Crippen molar-refractivity contribution in [1.29, 1.82) is 0 Å². The molecule has 1 saturated heterocycles. The molecule has 1 aromatic rings. The monoisotopic (exact) mass is 263 g/mol. The lowest BCUT2D eigenvalue weighted by molar-refractivity contribution is -0.126. The molecule has 0 saturated carbocycles. The average molecular weight is 263 g/mol. The predicted octanol–water partition coefficient (Wildman–Crippen LogP) is 2.36. The fraction of sp³-hybridized carbons (Fsp3) is 0.733. The summed E-state index contributed by atoms with van der Waals surface area (Å²) < 4.78 is 2.01. The first-order chi connectivity index (χ1) is 9.09. The third kappa shape index (κ3) is 3.06. The Labute approximate surface area is 115 Å². The summed E-state index contributed by atoms with van der Waals surface area (Å²) in [5, 5.41) is 7.84. The van der Waals surface area contributed by atoms with Gasteiger partial charge in [-0.25, -0.2) is 0 Å². The highest BCUT2D eigenvalue weighted by atomic mass is 16.1. The van der Waals surface area contributed by atoms with Gasteiger partial charge >= 0.3 is 0 Å². The molecular formula is C15H25N3O. The smallest absolute Gasteiger partial charge is 0.146 e. The molecule has 1 aliphatic heterocycles. The number of hydrogen-bond acceptors (Lipinski definition) is 3. The number of hydrogen-bond donors (Lipinski definition) is 1. The zero-order chi connectivity index (χ0) is 13.9. The van der Waals surface area contributed by atoms with E-state index in [1.54, 1.807) is 0 Å². The molecule has 2 heterocycles. The Bertz CT molecular complexity index is 428. The number of rotatable bonds is 6. The van der Waals surface area contributed by atoms with Gasteiger partial charge in [-0.1, -0.05) is 20.8 Å². The summed E-state index contributed by atoms with van der Waals surface area (Å²) in [6, 6.07) is 2.44. The van der Waals surface area contributed by atoms with Crippen LogP contribution >= 0.6 is 0 Å². The summed E-state index contributed by atoms with van der Waals surface area (Å²) >= 11 is 0. The van der Waals surface area contributed by atoms with Gasteiger partial charge < -0.3 is 5.32 Å². The molecule has 4 heteroatoms. The van der Waals surface area contributed by atoms with E-state index in [0.717, 1.165) is 38.0 Å². The van der Waals surface area contributed by atoms with Crippen LogP contribution in [0.4, 0.5) is 0 Å². The van der Waals surface area contributed by atoms with Crippen LogP contribution in [0.2, 0.25) is 0 Å². The maximum Gasteiger partial charge on any atom is 0.146 e. The van der Waals surface area contributed by atoms with Crippen molar-refractivity contribution in [1.82, 2.24) is 15.1 Å². The second kappa shape index (κ2) is 5.87. The molecule has 1 N–H and O–H groups in total. The van der Waals surface area contributed by atoms with Crippen LogP contribution < -0.4 is 5.32 Å². The molecule has 1 atom stereocenters. The molecule has 1 unspecified atom stereocenters. The number of nitrogens with zero attached hydrogens (tertiary/aromatic N) is 2. The van der Waals surface area contributed by atoms with Crippen molar-refractivity contribution in [3.05, 3.63) is 18.0 Å². The maximum atomic E-state index is 12.4. The van der Waals surface area contributed by atoms with E-state index >= 15 is 0 Å². The van der Waals surface area contributed by atoms with E-state index in [2.05, 4.69) is 31.2 Å². The molecular weight excluding hydrogens is 238 g/mol. The molecule has 0 amide bonds. The van der Waals surface area contributed by atoms with Crippen LogP contribution in [-0.2, 0) is 11.2 Å². The molecule has 2 rings (SSSR count). The van der Waals surface area contributed by atoms with E-state index in [4.69, 9.17) is 0 Å². The fourth-order valence-electron chi connectivity index (χ4n) is 2.77. The summed E-state index contributed by atoms with van der Waals surface area (Å²) in [4.78, 5) is 12.4. The molecule has 0 aliphatic carbocycles.